The molecule has 4 heterocycles. The number of benzene rings is 2. The summed E-state index contributed by atoms with van der Waals surface area (Å²) in [6.07, 6.45) is 0.707. The average molecular weight is 604 g/mol. The number of carbonyl (C=O) groups is 1. The van der Waals surface area contributed by atoms with Crippen LogP contribution in [0.3, 0.4) is 0 Å². The summed E-state index contributed by atoms with van der Waals surface area (Å²) in [6.45, 7) is 16.7. The monoisotopic (exact) mass is 603 g/mol. The SMILES string of the molecule is CC1(C)C2=C(C(=O)c3cc(C#CCN4CCN(C5COC5)CC4)c(N4CCN(C5COC5)CC4)cc31)c1ccc(C#N)cc1C2. The lowest BCUT2D eigenvalue weighted by atomic mass is 9.68. The van der Waals surface area contributed by atoms with Crippen molar-refractivity contribution in [1.29, 1.82) is 5.26 Å². The van der Waals surface area contributed by atoms with Crippen LogP contribution < -0.4 is 4.90 Å². The predicted molar refractivity (Wildman–Crippen MR) is 173 cm³/mol. The average Bonchev–Trinajstić information content (AvgIpc) is 3.40. The normalized spacial score (nSPS) is 23.8. The first kappa shape index (κ1) is 28.9. The fourth-order valence-electron chi connectivity index (χ4n) is 7.97. The number of allylic oxidation sites excluding steroid dienone is 2. The van der Waals surface area contributed by atoms with E-state index in [1.54, 1.807) is 0 Å². The van der Waals surface area contributed by atoms with Crippen LogP contribution in [-0.2, 0) is 21.3 Å². The largest absolute Gasteiger partial charge is 0.378 e. The molecule has 6 aliphatic rings. The van der Waals surface area contributed by atoms with Crippen molar-refractivity contribution in [2.24, 2.45) is 0 Å². The van der Waals surface area contributed by atoms with Gasteiger partial charge in [-0.05, 0) is 52.9 Å². The van der Waals surface area contributed by atoms with E-state index < -0.39 is 0 Å². The number of nitriles is 1. The zero-order chi connectivity index (χ0) is 30.7. The Kier molecular flexibility index (Phi) is 7.32. The predicted octanol–water partition coefficient (Wildman–Crippen LogP) is 2.93. The molecule has 0 aromatic heterocycles. The molecule has 0 atom stereocenters. The molecular weight excluding hydrogens is 562 g/mol. The molecule has 4 aliphatic heterocycles. The minimum atomic E-state index is -0.318. The Morgan fingerprint density at radius 3 is 2.16 bits per heavy atom. The lowest BCUT2D eigenvalue weighted by molar-refractivity contribution is -0.0760. The fraction of sp³-hybridized carbons (Fsp3) is 0.514. The van der Waals surface area contributed by atoms with Gasteiger partial charge in [0.1, 0.15) is 0 Å². The van der Waals surface area contributed by atoms with E-state index in [0.717, 1.165) is 130 Å². The second-order valence-electron chi connectivity index (χ2n) is 13.9. The Bertz CT molecular complexity index is 1670. The topological polar surface area (TPSA) is 72.3 Å². The molecule has 0 radical (unpaired) electrons. The van der Waals surface area contributed by atoms with Crippen LogP contribution in [0.5, 0.6) is 0 Å². The molecule has 232 valence electrons. The number of fused-ring (bicyclic) bond motifs is 3. The number of rotatable bonds is 4. The third-order valence-corrected chi connectivity index (χ3v) is 11.1. The molecule has 0 bridgehead atoms. The zero-order valence-corrected chi connectivity index (χ0v) is 26.4. The smallest absolute Gasteiger partial charge is 0.193 e. The van der Waals surface area contributed by atoms with Crippen LogP contribution >= 0.6 is 0 Å². The van der Waals surface area contributed by atoms with Gasteiger partial charge in [0.25, 0.3) is 0 Å². The fourth-order valence-corrected chi connectivity index (χ4v) is 7.97. The number of piperazine rings is 2. The summed E-state index contributed by atoms with van der Waals surface area (Å²) >= 11 is 0. The molecule has 4 fully saturated rings. The van der Waals surface area contributed by atoms with Crippen molar-refractivity contribution >= 4 is 17.0 Å². The molecule has 2 aliphatic carbocycles. The highest BCUT2D eigenvalue weighted by molar-refractivity contribution is 6.33. The number of ketones is 1. The molecule has 45 heavy (non-hydrogen) atoms. The van der Waals surface area contributed by atoms with E-state index in [2.05, 4.69) is 63.5 Å². The lowest BCUT2D eigenvalue weighted by Crippen LogP contribution is -2.56. The number of anilines is 1. The van der Waals surface area contributed by atoms with E-state index in [0.29, 0.717) is 24.1 Å². The Labute approximate surface area is 266 Å². The summed E-state index contributed by atoms with van der Waals surface area (Å²) in [5.74, 6) is 7.15. The molecule has 8 nitrogen and oxygen atoms in total. The number of Topliss-reactive ketones (excluding diaryl/α,β-unsaturated/α-hetero) is 1. The molecule has 2 aromatic rings. The molecule has 8 heteroatoms. The van der Waals surface area contributed by atoms with Gasteiger partial charge >= 0.3 is 0 Å². The Morgan fingerprint density at radius 2 is 1.53 bits per heavy atom. The maximum Gasteiger partial charge on any atom is 0.193 e. The lowest BCUT2D eigenvalue weighted by Gasteiger charge is -2.44. The van der Waals surface area contributed by atoms with E-state index in [1.165, 1.54) is 0 Å². The van der Waals surface area contributed by atoms with Crippen molar-refractivity contribution in [2.45, 2.75) is 37.8 Å². The molecule has 8 rings (SSSR count). The van der Waals surface area contributed by atoms with Gasteiger partial charge < -0.3 is 14.4 Å². The van der Waals surface area contributed by atoms with Crippen LogP contribution in [0.4, 0.5) is 5.69 Å². The van der Waals surface area contributed by atoms with Gasteiger partial charge in [0.2, 0.25) is 0 Å². The second kappa shape index (κ2) is 11.4. The highest BCUT2D eigenvalue weighted by Gasteiger charge is 2.43. The first-order valence-electron chi connectivity index (χ1n) is 16.5. The van der Waals surface area contributed by atoms with Gasteiger partial charge in [-0.1, -0.05) is 31.8 Å². The maximum atomic E-state index is 14.3. The molecule has 0 spiro atoms. The van der Waals surface area contributed by atoms with Gasteiger partial charge in [-0.2, -0.15) is 5.26 Å². The summed E-state index contributed by atoms with van der Waals surface area (Å²) in [5, 5.41) is 9.51. The van der Waals surface area contributed by atoms with Gasteiger partial charge in [0.15, 0.2) is 5.78 Å². The van der Waals surface area contributed by atoms with Crippen molar-refractivity contribution < 1.29 is 14.3 Å². The summed E-state index contributed by atoms with van der Waals surface area (Å²) in [7, 11) is 0. The highest BCUT2D eigenvalue weighted by atomic mass is 16.5. The molecule has 0 N–H and O–H groups in total. The Balaban J connectivity index is 1.10. The van der Waals surface area contributed by atoms with Crippen LogP contribution in [0.2, 0.25) is 0 Å². The van der Waals surface area contributed by atoms with Crippen LogP contribution in [0, 0.1) is 23.2 Å². The van der Waals surface area contributed by atoms with Crippen molar-refractivity contribution in [3.05, 3.63) is 69.3 Å². The molecule has 0 amide bonds. The van der Waals surface area contributed by atoms with Crippen molar-refractivity contribution in [1.82, 2.24) is 14.7 Å². The number of ether oxygens (including phenoxy) is 2. The third kappa shape index (κ3) is 5.01. The Morgan fingerprint density at radius 1 is 0.867 bits per heavy atom. The minimum Gasteiger partial charge on any atom is -0.378 e. The number of hydrogen-bond donors (Lipinski definition) is 0. The third-order valence-electron chi connectivity index (χ3n) is 11.1. The van der Waals surface area contributed by atoms with Crippen molar-refractivity contribution in [2.75, 3.05) is 90.2 Å². The van der Waals surface area contributed by atoms with Gasteiger partial charge in [-0.25, -0.2) is 0 Å². The van der Waals surface area contributed by atoms with E-state index in [4.69, 9.17) is 9.47 Å². The summed E-state index contributed by atoms with van der Waals surface area (Å²) in [4.78, 5) is 24.3. The number of nitrogens with zero attached hydrogens (tertiary/aromatic N) is 5. The van der Waals surface area contributed by atoms with Gasteiger partial charge in [-0.3, -0.25) is 19.5 Å². The molecule has 0 saturated carbocycles. The summed E-state index contributed by atoms with van der Waals surface area (Å²) < 4.78 is 10.9. The van der Waals surface area contributed by atoms with E-state index in [-0.39, 0.29) is 11.2 Å². The molecular formula is C37H41N5O3. The van der Waals surface area contributed by atoms with E-state index >= 15 is 0 Å². The molecule has 0 unspecified atom stereocenters. The first-order chi connectivity index (χ1) is 21.9. The van der Waals surface area contributed by atoms with Gasteiger partial charge in [0.05, 0.1) is 62.4 Å². The Hall–Kier alpha value is -3.50. The van der Waals surface area contributed by atoms with Gasteiger partial charge in [-0.15, -0.1) is 0 Å². The number of hydrogen-bond acceptors (Lipinski definition) is 8. The minimum absolute atomic E-state index is 0.0864. The molecule has 4 saturated heterocycles. The summed E-state index contributed by atoms with van der Waals surface area (Å²) in [5.41, 5.74) is 8.32. The standard InChI is InChI=1S/C37H41N5O3/c1-37(2)32-19-34(42-14-12-41(13-15-42)29-23-45-24-29)26(4-3-7-39-8-10-40(11-9-39)28-21-44-22-28)17-31(32)36(43)35-30-6-5-25(20-38)16-27(30)18-33(35)37/h5-6,16-17,19,28-29H,7-15,18,21-24H2,1-2H3. The van der Waals surface area contributed by atoms with Crippen LogP contribution in [0.1, 0.15) is 52.0 Å². The van der Waals surface area contributed by atoms with E-state index in [1.807, 2.05) is 18.2 Å². The van der Waals surface area contributed by atoms with Crippen LogP contribution in [0.25, 0.3) is 5.57 Å². The second-order valence-corrected chi connectivity index (χ2v) is 13.9. The van der Waals surface area contributed by atoms with Crippen LogP contribution in [0.15, 0.2) is 35.9 Å². The maximum absolute atomic E-state index is 14.3. The first-order valence-corrected chi connectivity index (χ1v) is 16.5. The van der Waals surface area contributed by atoms with Gasteiger partial charge in [0, 0.05) is 74.5 Å². The van der Waals surface area contributed by atoms with Crippen LogP contribution in [-0.4, -0.2) is 118 Å². The van der Waals surface area contributed by atoms with Crippen molar-refractivity contribution in [3.8, 4) is 17.9 Å². The van der Waals surface area contributed by atoms with E-state index in [9.17, 15) is 10.1 Å². The quantitative estimate of drug-likeness (QED) is 0.495. The summed E-state index contributed by atoms with van der Waals surface area (Å²) in [6, 6.07) is 13.5. The zero-order valence-electron chi connectivity index (χ0n) is 26.4. The highest BCUT2D eigenvalue weighted by Crippen LogP contribution is 2.51. The van der Waals surface area contributed by atoms with Crippen molar-refractivity contribution in [3.63, 3.8) is 0 Å². The molecule has 2 aromatic carbocycles. The number of carbonyl (C=O) groups excluding carboxylic acids is 1.